The van der Waals surface area contributed by atoms with E-state index in [1.54, 1.807) is 48.5 Å². The summed E-state index contributed by atoms with van der Waals surface area (Å²) in [4.78, 5) is 29.6. The van der Waals surface area contributed by atoms with Crippen molar-refractivity contribution in [3.8, 4) is 17.0 Å². The second-order valence-electron chi connectivity index (χ2n) is 7.24. The predicted molar refractivity (Wildman–Crippen MR) is 117 cm³/mol. The van der Waals surface area contributed by atoms with Gasteiger partial charge in [-0.2, -0.15) is 18.3 Å². The first-order valence-corrected chi connectivity index (χ1v) is 10.2. The number of carbonyl (C=O) groups excluding carboxylic acids is 2. The highest BCUT2D eigenvalue weighted by Crippen LogP contribution is 2.35. The van der Waals surface area contributed by atoms with E-state index in [9.17, 15) is 22.8 Å². The Morgan fingerprint density at radius 1 is 1.00 bits per heavy atom. The number of rotatable bonds is 6. The average molecular weight is 485 g/mol. The van der Waals surface area contributed by atoms with Crippen molar-refractivity contribution in [1.82, 2.24) is 14.6 Å². The lowest BCUT2D eigenvalue weighted by Gasteiger charge is -2.16. The number of esters is 2. The van der Waals surface area contributed by atoms with Gasteiger partial charge in [0.05, 0.1) is 26.1 Å². The van der Waals surface area contributed by atoms with Gasteiger partial charge in [0.1, 0.15) is 11.3 Å². The molecule has 0 spiro atoms. The van der Waals surface area contributed by atoms with Crippen molar-refractivity contribution in [3.05, 3.63) is 83.7 Å². The van der Waals surface area contributed by atoms with Crippen molar-refractivity contribution in [1.29, 1.82) is 0 Å². The van der Waals surface area contributed by atoms with Crippen LogP contribution in [0.2, 0.25) is 0 Å². The second kappa shape index (κ2) is 9.45. The average Bonchev–Trinajstić information content (AvgIpc) is 3.30. The van der Waals surface area contributed by atoms with E-state index >= 15 is 0 Å². The molecule has 2 aromatic heterocycles. The lowest BCUT2D eigenvalue weighted by atomic mass is 10.1. The molecule has 4 rings (SSSR count). The summed E-state index contributed by atoms with van der Waals surface area (Å²) in [5.41, 5.74) is -1.41. The molecular weight excluding hydrogens is 467 g/mol. The molecule has 0 amide bonds. The summed E-state index contributed by atoms with van der Waals surface area (Å²) in [6.07, 6.45) is -5.35. The van der Waals surface area contributed by atoms with E-state index in [2.05, 4.69) is 10.1 Å². The largest absolute Gasteiger partial charge is 0.496 e. The smallest absolute Gasteiger partial charge is 0.433 e. The maximum atomic E-state index is 13.9. The van der Waals surface area contributed by atoms with Crippen LogP contribution < -0.4 is 4.74 Å². The third-order valence-corrected chi connectivity index (χ3v) is 5.11. The molecule has 1 atom stereocenters. The molecule has 8 nitrogen and oxygen atoms in total. The Morgan fingerprint density at radius 3 is 2.34 bits per heavy atom. The van der Waals surface area contributed by atoms with Crippen LogP contribution in [0.4, 0.5) is 13.2 Å². The summed E-state index contributed by atoms with van der Waals surface area (Å²) in [6, 6.07) is 15.2. The van der Waals surface area contributed by atoms with Gasteiger partial charge in [0, 0.05) is 11.1 Å². The molecule has 2 aromatic carbocycles. The molecule has 180 valence electrons. The van der Waals surface area contributed by atoms with Crippen molar-refractivity contribution < 1.29 is 37.0 Å². The molecule has 0 saturated heterocycles. The lowest BCUT2D eigenvalue weighted by molar-refractivity contribution is -0.151. The first kappa shape index (κ1) is 23.7. The Morgan fingerprint density at radius 2 is 1.69 bits per heavy atom. The first-order chi connectivity index (χ1) is 16.7. The normalized spacial score (nSPS) is 12.3. The van der Waals surface area contributed by atoms with Gasteiger partial charge < -0.3 is 14.2 Å². The molecular formula is C24H18F3N3O5. The minimum atomic E-state index is -4.82. The van der Waals surface area contributed by atoms with Crippen molar-refractivity contribution in [2.45, 2.75) is 12.3 Å². The van der Waals surface area contributed by atoms with Gasteiger partial charge in [-0.05, 0) is 18.2 Å². The number of ether oxygens (including phenoxy) is 3. The molecule has 0 aliphatic rings. The predicted octanol–water partition coefficient (Wildman–Crippen LogP) is 4.49. The number of hydrogen-bond donors (Lipinski definition) is 0. The molecule has 35 heavy (non-hydrogen) atoms. The third kappa shape index (κ3) is 4.65. The summed E-state index contributed by atoms with van der Waals surface area (Å²) in [5, 5.41) is 3.71. The Hall–Kier alpha value is -4.41. The van der Waals surface area contributed by atoms with Gasteiger partial charge in [-0.15, -0.1) is 0 Å². The fraction of sp³-hybridized carbons (Fsp3) is 0.167. The maximum Gasteiger partial charge on any atom is 0.433 e. The zero-order valence-corrected chi connectivity index (χ0v) is 18.4. The van der Waals surface area contributed by atoms with Crippen LogP contribution in [0.15, 0.2) is 66.9 Å². The first-order valence-electron chi connectivity index (χ1n) is 10.2. The lowest BCUT2D eigenvalue weighted by Crippen LogP contribution is -2.21. The number of carbonyl (C=O) groups is 2. The van der Waals surface area contributed by atoms with Crippen LogP contribution in [0.25, 0.3) is 16.9 Å². The minimum absolute atomic E-state index is 0.0931. The van der Waals surface area contributed by atoms with Crippen LogP contribution in [-0.2, 0) is 20.4 Å². The molecule has 4 aromatic rings. The Balaban J connectivity index is 1.84. The number of para-hydroxylation sites is 1. The summed E-state index contributed by atoms with van der Waals surface area (Å²) >= 11 is 0. The van der Waals surface area contributed by atoms with Crippen LogP contribution in [0.3, 0.4) is 0 Å². The number of hydrogen-bond acceptors (Lipinski definition) is 7. The van der Waals surface area contributed by atoms with Crippen molar-refractivity contribution >= 4 is 17.6 Å². The molecule has 0 aliphatic carbocycles. The van der Waals surface area contributed by atoms with Crippen molar-refractivity contribution in [2.75, 3.05) is 14.2 Å². The molecule has 0 radical (unpaired) electrons. The van der Waals surface area contributed by atoms with Crippen LogP contribution in [0.5, 0.6) is 5.75 Å². The molecule has 0 saturated carbocycles. The number of nitrogens with zero attached hydrogens (tertiary/aromatic N) is 3. The fourth-order valence-corrected chi connectivity index (χ4v) is 3.46. The van der Waals surface area contributed by atoms with Crippen molar-refractivity contribution in [3.63, 3.8) is 0 Å². The Kier molecular flexibility index (Phi) is 6.41. The molecule has 0 N–H and O–H groups in total. The summed E-state index contributed by atoms with van der Waals surface area (Å²) in [7, 11) is 2.50. The Bertz CT molecular complexity index is 1390. The zero-order chi connectivity index (χ0) is 25.2. The van der Waals surface area contributed by atoms with Gasteiger partial charge in [0.25, 0.3) is 0 Å². The molecule has 0 unspecified atom stereocenters. The van der Waals surface area contributed by atoms with E-state index in [-0.39, 0.29) is 22.6 Å². The van der Waals surface area contributed by atoms with Crippen LogP contribution >= 0.6 is 0 Å². The SMILES string of the molecule is COC(=O)[C@@H](OC(=O)c1cnn2c(C(F)(F)F)cc(-c3ccccc3OC)nc12)c1ccccc1. The number of fused-ring (bicyclic) bond motifs is 1. The number of halogens is 3. The summed E-state index contributed by atoms with van der Waals surface area (Å²) in [6.45, 7) is 0. The van der Waals surface area contributed by atoms with Crippen LogP contribution in [0, 0.1) is 0 Å². The van der Waals surface area contributed by atoms with Crippen molar-refractivity contribution in [2.24, 2.45) is 0 Å². The monoisotopic (exact) mass is 485 g/mol. The number of methoxy groups -OCH3 is 2. The number of aromatic nitrogens is 3. The molecule has 11 heteroatoms. The number of benzene rings is 2. The van der Waals surface area contributed by atoms with E-state index in [0.29, 0.717) is 10.1 Å². The molecule has 0 bridgehead atoms. The minimum Gasteiger partial charge on any atom is -0.496 e. The zero-order valence-electron chi connectivity index (χ0n) is 18.4. The van der Waals surface area contributed by atoms with Gasteiger partial charge in [-0.3, -0.25) is 0 Å². The van der Waals surface area contributed by atoms with Gasteiger partial charge in [-0.1, -0.05) is 42.5 Å². The van der Waals surface area contributed by atoms with E-state index in [4.69, 9.17) is 14.2 Å². The maximum absolute atomic E-state index is 13.9. The van der Waals surface area contributed by atoms with E-state index < -0.39 is 35.6 Å². The van der Waals surface area contributed by atoms with Gasteiger partial charge in [0.2, 0.25) is 6.10 Å². The standard InChI is InChI=1S/C24H18F3N3O5/c1-33-18-11-7-6-10-15(18)17-12-19(24(25,26)27)30-21(29-17)16(13-28-30)22(31)35-20(23(32)34-2)14-8-4-3-5-9-14/h3-13,20H,1-2H3/t20-/m0/s1. The van der Waals surface area contributed by atoms with Gasteiger partial charge in [-0.25, -0.2) is 19.1 Å². The highest BCUT2D eigenvalue weighted by Gasteiger charge is 2.37. The quantitative estimate of drug-likeness (QED) is 0.372. The second-order valence-corrected chi connectivity index (χ2v) is 7.24. The van der Waals surface area contributed by atoms with Crippen LogP contribution in [-0.4, -0.2) is 40.8 Å². The Labute approximate surface area is 196 Å². The fourth-order valence-electron chi connectivity index (χ4n) is 3.46. The highest BCUT2D eigenvalue weighted by molar-refractivity contribution is 5.97. The molecule has 2 heterocycles. The van der Waals surface area contributed by atoms with E-state index in [1.807, 2.05) is 0 Å². The summed E-state index contributed by atoms with van der Waals surface area (Å²) in [5.74, 6) is -1.67. The van der Waals surface area contributed by atoms with E-state index in [1.165, 1.54) is 13.2 Å². The number of alkyl halides is 3. The van der Waals surface area contributed by atoms with Gasteiger partial charge >= 0.3 is 18.1 Å². The summed E-state index contributed by atoms with van der Waals surface area (Å²) < 4.78 is 57.5. The molecule has 0 fully saturated rings. The van der Waals surface area contributed by atoms with E-state index in [0.717, 1.165) is 19.4 Å². The topological polar surface area (TPSA) is 92.0 Å². The third-order valence-electron chi connectivity index (χ3n) is 5.11. The highest BCUT2D eigenvalue weighted by atomic mass is 19.4. The molecule has 0 aliphatic heterocycles. The van der Waals surface area contributed by atoms with Crippen LogP contribution in [0.1, 0.15) is 27.7 Å². The van der Waals surface area contributed by atoms with Gasteiger partial charge in [0.15, 0.2) is 11.3 Å².